The van der Waals surface area contributed by atoms with Gasteiger partial charge in [0.05, 0.1) is 12.1 Å². The van der Waals surface area contributed by atoms with Gasteiger partial charge >= 0.3 is 0 Å². The van der Waals surface area contributed by atoms with Crippen LogP contribution in [0.3, 0.4) is 0 Å². The molecular formula is C17H17ClO2. The highest BCUT2D eigenvalue weighted by atomic mass is 35.5. The number of carbonyl (C=O) groups is 1. The van der Waals surface area contributed by atoms with Crippen molar-refractivity contribution in [2.75, 3.05) is 7.11 Å². The highest BCUT2D eigenvalue weighted by molar-refractivity contribution is 6.34. The second kappa shape index (κ2) is 6.10. The summed E-state index contributed by atoms with van der Waals surface area (Å²) in [5.41, 5.74) is 3.59. The topological polar surface area (TPSA) is 26.3 Å². The summed E-state index contributed by atoms with van der Waals surface area (Å²) < 4.78 is 5.27. The van der Waals surface area contributed by atoms with Crippen molar-refractivity contribution in [3.8, 4) is 5.75 Å². The first kappa shape index (κ1) is 14.6. The van der Waals surface area contributed by atoms with Crippen molar-refractivity contribution in [3.63, 3.8) is 0 Å². The molecule has 0 unspecified atom stereocenters. The number of carbonyl (C=O) groups excluding carboxylic acids is 1. The number of rotatable bonds is 4. The minimum absolute atomic E-state index is 0.00241. The average molecular weight is 289 g/mol. The Morgan fingerprint density at radius 3 is 2.50 bits per heavy atom. The molecule has 0 aliphatic heterocycles. The van der Waals surface area contributed by atoms with Crippen LogP contribution >= 0.6 is 11.6 Å². The van der Waals surface area contributed by atoms with E-state index >= 15 is 0 Å². The lowest BCUT2D eigenvalue weighted by Crippen LogP contribution is -2.06. The highest BCUT2D eigenvalue weighted by Crippen LogP contribution is 2.24. The summed E-state index contributed by atoms with van der Waals surface area (Å²) >= 11 is 6.18. The molecule has 0 aromatic heterocycles. The molecule has 2 aromatic rings. The number of hydrogen-bond donors (Lipinski definition) is 0. The third-order valence-electron chi connectivity index (χ3n) is 3.43. The number of benzene rings is 2. The minimum Gasteiger partial charge on any atom is -0.496 e. The largest absolute Gasteiger partial charge is 0.496 e. The number of ketones is 1. The molecule has 0 saturated heterocycles. The second-order valence-electron chi connectivity index (χ2n) is 4.83. The molecule has 0 fully saturated rings. The van der Waals surface area contributed by atoms with Gasteiger partial charge in [-0.25, -0.2) is 0 Å². The molecule has 20 heavy (non-hydrogen) atoms. The summed E-state index contributed by atoms with van der Waals surface area (Å²) in [6, 6.07) is 11.2. The molecule has 2 aromatic carbocycles. The van der Waals surface area contributed by atoms with Crippen LogP contribution in [0.1, 0.15) is 27.0 Å². The van der Waals surface area contributed by atoms with Crippen molar-refractivity contribution in [1.82, 2.24) is 0 Å². The van der Waals surface area contributed by atoms with Crippen LogP contribution in [0.25, 0.3) is 0 Å². The summed E-state index contributed by atoms with van der Waals surface area (Å²) in [5.74, 6) is 0.725. The molecule has 0 aliphatic rings. The number of Topliss-reactive ketones (excluding diaryl/α,β-unsaturated/α-hetero) is 1. The Kier molecular flexibility index (Phi) is 4.46. The van der Waals surface area contributed by atoms with Crippen LogP contribution in [0.2, 0.25) is 5.02 Å². The van der Waals surface area contributed by atoms with Crippen molar-refractivity contribution in [2.45, 2.75) is 20.3 Å². The molecule has 0 bridgehead atoms. The van der Waals surface area contributed by atoms with E-state index in [1.54, 1.807) is 7.11 Å². The van der Waals surface area contributed by atoms with Crippen molar-refractivity contribution >= 4 is 17.4 Å². The van der Waals surface area contributed by atoms with Gasteiger partial charge in [-0.1, -0.05) is 29.8 Å². The van der Waals surface area contributed by atoms with Crippen LogP contribution < -0.4 is 4.74 Å². The number of halogens is 1. The van der Waals surface area contributed by atoms with Gasteiger partial charge in [0.25, 0.3) is 0 Å². The Bertz CT molecular complexity index is 647. The molecule has 0 N–H and O–H groups in total. The Morgan fingerprint density at radius 1 is 1.15 bits per heavy atom. The fraction of sp³-hybridized carbons (Fsp3) is 0.235. The van der Waals surface area contributed by atoms with Gasteiger partial charge in [0.15, 0.2) is 5.78 Å². The molecule has 0 amide bonds. The smallest absolute Gasteiger partial charge is 0.168 e. The molecular weight excluding hydrogens is 272 g/mol. The molecule has 2 nitrogen and oxygen atoms in total. The minimum atomic E-state index is 0.00241. The summed E-state index contributed by atoms with van der Waals surface area (Å²) in [4.78, 5) is 12.4. The van der Waals surface area contributed by atoms with E-state index in [0.29, 0.717) is 10.6 Å². The van der Waals surface area contributed by atoms with Crippen LogP contribution in [-0.4, -0.2) is 12.9 Å². The molecule has 0 aliphatic carbocycles. The van der Waals surface area contributed by atoms with Gasteiger partial charge < -0.3 is 4.74 Å². The lowest BCUT2D eigenvalue weighted by Gasteiger charge is -2.10. The zero-order chi connectivity index (χ0) is 14.7. The summed E-state index contributed by atoms with van der Waals surface area (Å²) in [6.45, 7) is 3.96. The molecule has 0 heterocycles. The zero-order valence-corrected chi connectivity index (χ0v) is 12.6. The van der Waals surface area contributed by atoms with Gasteiger partial charge in [0.2, 0.25) is 0 Å². The fourth-order valence-corrected chi connectivity index (χ4v) is 2.44. The van der Waals surface area contributed by atoms with Crippen LogP contribution in [0.15, 0.2) is 36.4 Å². The Morgan fingerprint density at radius 2 is 1.80 bits per heavy atom. The first-order valence-corrected chi connectivity index (χ1v) is 6.82. The number of aryl methyl sites for hydroxylation is 2. The van der Waals surface area contributed by atoms with Crippen LogP contribution in [-0.2, 0) is 6.42 Å². The van der Waals surface area contributed by atoms with Crippen LogP contribution in [0, 0.1) is 13.8 Å². The average Bonchev–Trinajstić information content (AvgIpc) is 2.43. The fourth-order valence-electron chi connectivity index (χ4n) is 2.11. The highest BCUT2D eigenvalue weighted by Gasteiger charge is 2.14. The van der Waals surface area contributed by atoms with Crippen LogP contribution in [0.5, 0.6) is 5.75 Å². The predicted octanol–water partition coefficient (Wildman–Crippen LogP) is 4.39. The number of ether oxygens (including phenoxy) is 1. The van der Waals surface area contributed by atoms with Crippen molar-refractivity contribution in [1.29, 1.82) is 0 Å². The quantitative estimate of drug-likeness (QED) is 0.780. The van der Waals surface area contributed by atoms with Gasteiger partial charge in [-0.15, -0.1) is 0 Å². The first-order valence-electron chi connectivity index (χ1n) is 6.44. The molecule has 0 atom stereocenters. The van der Waals surface area contributed by atoms with E-state index in [1.165, 1.54) is 0 Å². The van der Waals surface area contributed by atoms with Crippen molar-refractivity contribution in [2.24, 2.45) is 0 Å². The zero-order valence-electron chi connectivity index (χ0n) is 11.9. The van der Waals surface area contributed by atoms with Crippen molar-refractivity contribution in [3.05, 3.63) is 63.7 Å². The Hall–Kier alpha value is -1.80. The SMILES string of the molecule is COc1ccccc1CC(=O)c1cc(C)c(C)cc1Cl. The standard InChI is InChI=1S/C17H17ClO2/c1-11-8-14(15(18)9-12(11)2)16(19)10-13-6-4-5-7-17(13)20-3/h4-9H,10H2,1-3H3. The maximum atomic E-state index is 12.4. The van der Waals surface area contributed by atoms with Gasteiger partial charge in [-0.05, 0) is 43.2 Å². The number of hydrogen-bond acceptors (Lipinski definition) is 2. The third-order valence-corrected chi connectivity index (χ3v) is 3.74. The Balaban J connectivity index is 2.31. The van der Waals surface area contributed by atoms with E-state index in [-0.39, 0.29) is 12.2 Å². The first-order chi connectivity index (χ1) is 9.52. The molecule has 2 rings (SSSR count). The second-order valence-corrected chi connectivity index (χ2v) is 5.24. The summed E-state index contributed by atoms with van der Waals surface area (Å²) in [5, 5.41) is 0.507. The van der Waals surface area contributed by atoms with Crippen molar-refractivity contribution < 1.29 is 9.53 Å². The summed E-state index contributed by atoms with van der Waals surface area (Å²) in [7, 11) is 1.60. The molecule has 0 radical (unpaired) electrons. The third kappa shape index (κ3) is 3.02. The lowest BCUT2D eigenvalue weighted by atomic mass is 9.99. The van der Waals surface area contributed by atoms with E-state index in [4.69, 9.17) is 16.3 Å². The molecule has 0 spiro atoms. The normalized spacial score (nSPS) is 10.4. The van der Waals surface area contributed by atoms with Gasteiger partial charge in [0, 0.05) is 17.5 Å². The number of methoxy groups -OCH3 is 1. The predicted molar refractivity (Wildman–Crippen MR) is 82.0 cm³/mol. The van der Waals surface area contributed by atoms with Crippen LogP contribution in [0.4, 0.5) is 0 Å². The van der Waals surface area contributed by atoms with E-state index < -0.39 is 0 Å². The maximum Gasteiger partial charge on any atom is 0.168 e. The summed E-state index contributed by atoms with van der Waals surface area (Å²) in [6.07, 6.45) is 0.284. The van der Waals surface area contributed by atoms with E-state index in [0.717, 1.165) is 22.4 Å². The van der Waals surface area contributed by atoms with Gasteiger partial charge in [0.1, 0.15) is 5.75 Å². The molecule has 0 saturated carbocycles. The maximum absolute atomic E-state index is 12.4. The van der Waals surface area contributed by atoms with Gasteiger partial charge in [-0.2, -0.15) is 0 Å². The number of para-hydroxylation sites is 1. The monoisotopic (exact) mass is 288 g/mol. The molecule has 3 heteroatoms. The van der Waals surface area contributed by atoms with E-state index in [2.05, 4.69) is 0 Å². The lowest BCUT2D eigenvalue weighted by molar-refractivity contribution is 0.0992. The Labute approximate surface area is 124 Å². The van der Waals surface area contributed by atoms with E-state index in [1.807, 2.05) is 50.2 Å². The van der Waals surface area contributed by atoms with Gasteiger partial charge in [-0.3, -0.25) is 4.79 Å². The van der Waals surface area contributed by atoms with E-state index in [9.17, 15) is 4.79 Å². The molecule has 104 valence electrons.